The third-order valence-corrected chi connectivity index (χ3v) is 7.43. The van der Waals surface area contributed by atoms with Gasteiger partial charge in [-0.2, -0.15) is 0 Å². The van der Waals surface area contributed by atoms with Crippen LogP contribution < -0.4 is 0 Å². The number of thioether (sulfide) groups is 2. The molecule has 0 radical (unpaired) electrons. The van der Waals surface area contributed by atoms with Crippen LogP contribution in [0.1, 0.15) is 27.7 Å². The first kappa shape index (κ1) is 23.1. The molecule has 3 rings (SSSR count). The number of hydrogen-bond acceptors (Lipinski definition) is 10. The highest BCUT2D eigenvalue weighted by molar-refractivity contribution is 8.11. The van der Waals surface area contributed by atoms with Crippen molar-refractivity contribution >= 4 is 35.5 Å². The number of carbonyl (C=O) groups excluding carboxylic acids is 2. The lowest BCUT2D eigenvalue weighted by Gasteiger charge is -2.28. The maximum absolute atomic E-state index is 12.5. The van der Waals surface area contributed by atoms with Crippen molar-refractivity contribution in [1.29, 1.82) is 0 Å². The molecule has 166 valence electrons. The molecule has 8 nitrogen and oxygen atoms in total. The first-order valence-electron chi connectivity index (χ1n) is 10.1. The van der Waals surface area contributed by atoms with E-state index in [9.17, 15) is 9.59 Å². The summed E-state index contributed by atoms with van der Waals surface area (Å²) < 4.78 is 21.9. The summed E-state index contributed by atoms with van der Waals surface area (Å²) in [6.45, 7) is 11.2. The van der Waals surface area contributed by atoms with Crippen LogP contribution in [0.2, 0.25) is 0 Å². The second-order valence-electron chi connectivity index (χ2n) is 6.61. The number of allylic oxidation sites excluding steroid dienone is 2. The summed E-state index contributed by atoms with van der Waals surface area (Å²) in [6.07, 6.45) is 0. The van der Waals surface area contributed by atoms with Crippen LogP contribution in [-0.4, -0.2) is 74.5 Å². The van der Waals surface area contributed by atoms with Gasteiger partial charge in [0.1, 0.15) is 19.9 Å². The molecule has 0 unspecified atom stereocenters. The molecule has 0 saturated heterocycles. The molecule has 3 heterocycles. The summed E-state index contributed by atoms with van der Waals surface area (Å²) >= 11 is 2.76. The molecule has 0 fully saturated rings. The normalized spacial score (nSPS) is 23.1. The van der Waals surface area contributed by atoms with E-state index < -0.39 is 0 Å². The van der Waals surface area contributed by atoms with Gasteiger partial charge in [0.25, 0.3) is 0 Å². The summed E-state index contributed by atoms with van der Waals surface area (Å²) in [7, 11) is 0. The predicted octanol–water partition coefficient (Wildman–Crippen LogP) is 2.85. The van der Waals surface area contributed by atoms with E-state index in [-0.39, 0.29) is 11.9 Å². The summed E-state index contributed by atoms with van der Waals surface area (Å²) in [5.74, 6) is -0.668. The van der Waals surface area contributed by atoms with Gasteiger partial charge in [0, 0.05) is 24.5 Å². The van der Waals surface area contributed by atoms with Crippen molar-refractivity contribution in [3.05, 3.63) is 31.3 Å². The van der Waals surface area contributed by atoms with E-state index in [2.05, 4.69) is 9.80 Å². The minimum Gasteiger partial charge on any atom is -0.462 e. The molecule has 3 aliphatic heterocycles. The third-order valence-electron chi connectivity index (χ3n) is 4.75. The highest BCUT2D eigenvalue weighted by Gasteiger charge is 2.39. The van der Waals surface area contributed by atoms with Crippen LogP contribution in [0.3, 0.4) is 0 Å². The molecule has 0 spiro atoms. The molecule has 30 heavy (non-hydrogen) atoms. The van der Waals surface area contributed by atoms with Crippen LogP contribution >= 0.6 is 23.5 Å². The van der Waals surface area contributed by atoms with Gasteiger partial charge in [-0.3, -0.25) is 0 Å². The summed E-state index contributed by atoms with van der Waals surface area (Å²) in [5, 5.41) is 1.78. The number of nitrogens with zero attached hydrogens (tertiary/aromatic N) is 2. The lowest BCUT2D eigenvalue weighted by molar-refractivity contribution is -0.138. The molecule has 0 aliphatic carbocycles. The van der Waals surface area contributed by atoms with Crippen molar-refractivity contribution in [2.75, 3.05) is 52.7 Å². The van der Waals surface area contributed by atoms with Crippen molar-refractivity contribution in [3.63, 3.8) is 0 Å². The average molecular weight is 457 g/mol. The molecule has 0 aromatic carbocycles. The lowest BCUT2D eigenvalue weighted by Crippen LogP contribution is -2.29. The summed E-state index contributed by atoms with van der Waals surface area (Å²) in [4.78, 5) is 30.3. The van der Waals surface area contributed by atoms with Gasteiger partial charge in [0.05, 0.1) is 39.6 Å². The van der Waals surface area contributed by atoms with Crippen molar-refractivity contribution in [1.82, 2.24) is 9.80 Å². The Balaban J connectivity index is 2.00. The Bertz CT molecular complexity index is 728. The second kappa shape index (κ2) is 10.6. The van der Waals surface area contributed by atoms with Gasteiger partial charge in [0.2, 0.25) is 0 Å². The van der Waals surface area contributed by atoms with Crippen molar-refractivity contribution in [3.8, 4) is 0 Å². The summed E-state index contributed by atoms with van der Waals surface area (Å²) in [6, 6.07) is 0. The van der Waals surface area contributed by atoms with E-state index in [0.717, 1.165) is 21.5 Å². The van der Waals surface area contributed by atoms with E-state index in [1.54, 1.807) is 13.8 Å². The molecule has 0 bridgehead atoms. The van der Waals surface area contributed by atoms with Gasteiger partial charge < -0.3 is 28.7 Å². The molecule has 0 saturated carbocycles. The van der Waals surface area contributed by atoms with Crippen LogP contribution in [0.5, 0.6) is 0 Å². The maximum atomic E-state index is 12.5. The quantitative estimate of drug-likeness (QED) is 0.589. The Kier molecular flexibility index (Phi) is 8.15. The summed E-state index contributed by atoms with van der Waals surface area (Å²) in [5.41, 5.74) is 1.67. The average Bonchev–Trinajstić information content (AvgIpc) is 3.20. The molecule has 0 N–H and O–H groups in total. The standard InChI is InChI=1S/C20H28N2O6S2/c1-5-27-19(23)15-13(3)21-7-9-25-11-12-26-10-8-22-14(4)16(20(24)28-6-2)30-18(22)17(21)29-15/h5-12H2,1-4H3/b18-17-. The lowest BCUT2D eigenvalue weighted by atomic mass is 10.3. The van der Waals surface area contributed by atoms with E-state index in [1.807, 2.05) is 13.8 Å². The van der Waals surface area contributed by atoms with Gasteiger partial charge >= 0.3 is 11.9 Å². The molecule has 0 aromatic heterocycles. The first-order valence-corrected chi connectivity index (χ1v) is 11.7. The van der Waals surface area contributed by atoms with E-state index >= 15 is 0 Å². The Labute approximate surface area is 185 Å². The highest BCUT2D eigenvalue weighted by Crippen LogP contribution is 2.51. The highest BCUT2D eigenvalue weighted by atomic mass is 32.2. The zero-order chi connectivity index (χ0) is 21.7. The Morgan fingerprint density at radius 3 is 1.57 bits per heavy atom. The van der Waals surface area contributed by atoms with E-state index in [0.29, 0.717) is 62.5 Å². The Hall–Kier alpha value is -1.62. The number of ether oxygens (including phenoxy) is 4. The topological polar surface area (TPSA) is 77.5 Å². The fraction of sp³-hybridized carbons (Fsp3) is 0.600. The molecule has 0 amide bonds. The molecular formula is C20H28N2O6S2. The van der Waals surface area contributed by atoms with Crippen LogP contribution in [-0.2, 0) is 28.5 Å². The van der Waals surface area contributed by atoms with Gasteiger partial charge in [-0.1, -0.05) is 23.5 Å². The molecule has 3 aliphatic rings. The van der Waals surface area contributed by atoms with Crippen molar-refractivity contribution < 1.29 is 28.5 Å². The monoisotopic (exact) mass is 456 g/mol. The van der Waals surface area contributed by atoms with Crippen molar-refractivity contribution in [2.24, 2.45) is 0 Å². The van der Waals surface area contributed by atoms with E-state index in [4.69, 9.17) is 18.9 Å². The fourth-order valence-corrected chi connectivity index (χ4v) is 5.77. The number of esters is 2. The maximum Gasteiger partial charge on any atom is 0.346 e. The van der Waals surface area contributed by atoms with Gasteiger partial charge in [-0.25, -0.2) is 9.59 Å². The number of carbonyl (C=O) groups is 2. The first-order chi connectivity index (χ1) is 14.5. The predicted molar refractivity (Wildman–Crippen MR) is 116 cm³/mol. The fourth-order valence-electron chi connectivity index (χ4n) is 3.26. The molecule has 10 heteroatoms. The Morgan fingerprint density at radius 1 is 0.800 bits per heavy atom. The van der Waals surface area contributed by atoms with Crippen LogP contribution in [0.25, 0.3) is 0 Å². The number of hydrogen-bond donors (Lipinski definition) is 0. The zero-order valence-corrected chi connectivity index (χ0v) is 19.5. The molecular weight excluding hydrogens is 428 g/mol. The minimum absolute atomic E-state index is 0.317. The smallest absolute Gasteiger partial charge is 0.346 e. The zero-order valence-electron chi connectivity index (χ0n) is 17.8. The molecule has 0 atom stereocenters. The van der Waals surface area contributed by atoms with Gasteiger partial charge in [-0.15, -0.1) is 0 Å². The van der Waals surface area contributed by atoms with Gasteiger partial charge in [-0.05, 0) is 27.7 Å². The van der Waals surface area contributed by atoms with Crippen LogP contribution in [0, 0.1) is 0 Å². The SMILES string of the molecule is CCOC(=O)C1=C(C)N2CCOCCOCCN3C(C)=C(C(=O)OCC)S/C3=C/2S1. The minimum atomic E-state index is -0.334. The number of fused-ring (bicyclic) bond motifs is 2. The largest absolute Gasteiger partial charge is 0.462 e. The number of rotatable bonds is 4. The Morgan fingerprint density at radius 2 is 1.20 bits per heavy atom. The van der Waals surface area contributed by atoms with E-state index in [1.165, 1.54) is 23.5 Å². The second-order valence-corrected chi connectivity index (χ2v) is 8.61. The molecule has 0 aromatic rings. The van der Waals surface area contributed by atoms with Gasteiger partial charge in [0.15, 0.2) is 0 Å². The van der Waals surface area contributed by atoms with Crippen LogP contribution in [0.4, 0.5) is 0 Å². The van der Waals surface area contributed by atoms with Crippen LogP contribution in [0.15, 0.2) is 31.3 Å². The third kappa shape index (κ3) is 4.82. The van der Waals surface area contributed by atoms with Crippen molar-refractivity contribution in [2.45, 2.75) is 27.7 Å².